The standard InChI is InChI=1S/C11H12N4O3/c1-18-7-6-14-8-12-13-11(14)9-4-2-3-5-10(9)15(16)17/h2-5,8H,6-7H2,1H3. The molecule has 1 heterocycles. The number of hydrogen-bond donors (Lipinski definition) is 0. The molecule has 2 rings (SSSR count). The van der Waals surface area contributed by atoms with Gasteiger partial charge >= 0.3 is 0 Å². The lowest BCUT2D eigenvalue weighted by Crippen LogP contribution is -2.05. The minimum Gasteiger partial charge on any atom is -0.383 e. The van der Waals surface area contributed by atoms with E-state index in [-0.39, 0.29) is 5.69 Å². The fourth-order valence-electron chi connectivity index (χ4n) is 1.64. The van der Waals surface area contributed by atoms with E-state index in [0.717, 1.165) is 0 Å². The summed E-state index contributed by atoms with van der Waals surface area (Å²) in [6.07, 6.45) is 1.53. The van der Waals surface area contributed by atoms with Crippen LogP contribution in [0.3, 0.4) is 0 Å². The molecule has 0 aliphatic rings. The van der Waals surface area contributed by atoms with Crippen LogP contribution in [-0.4, -0.2) is 33.4 Å². The summed E-state index contributed by atoms with van der Waals surface area (Å²) in [4.78, 5) is 10.5. The molecule has 1 aromatic heterocycles. The Balaban J connectivity index is 2.42. The first kappa shape index (κ1) is 12.2. The second kappa shape index (κ2) is 5.37. The SMILES string of the molecule is COCCn1cnnc1-c1ccccc1[N+](=O)[O-]. The predicted molar refractivity (Wildman–Crippen MR) is 64.0 cm³/mol. The van der Waals surface area contributed by atoms with Crippen LogP contribution in [0.25, 0.3) is 11.4 Å². The third kappa shape index (κ3) is 2.35. The lowest BCUT2D eigenvalue weighted by atomic mass is 10.1. The van der Waals surface area contributed by atoms with E-state index in [9.17, 15) is 10.1 Å². The summed E-state index contributed by atoms with van der Waals surface area (Å²) in [5.41, 5.74) is 0.472. The van der Waals surface area contributed by atoms with Crippen LogP contribution in [0.2, 0.25) is 0 Å². The van der Waals surface area contributed by atoms with Crippen LogP contribution in [0.15, 0.2) is 30.6 Å². The van der Waals surface area contributed by atoms with E-state index >= 15 is 0 Å². The third-order valence-electron chi connectivity index (χ3n) is 2.49. The van der Waals surface area contributed by atoms with Crippen molar-refractivity contribution in [2.75, 3.05) is 13.7 Å². The molecule has 18 heavy (non-hydrogen) atoms. The van der Waals surface area contributed by atoms with Gasteiger partial charge in [-0.05, 0) is 6.07 Å². The zero-order valence-corrected chi connectivity index (χ0v) is 9.81. The molecule has 0 unspecified atom stereocenters. The summed E-state index contributed by atoms with van der Waals surface area (Å²) in [5, 5.41) is 18.7. The van der Waals surface area contributed by atoms with Gasteiger partial charge in [-0.25, -0.2) is 0 Å². The molecule has 0 spiro atoms. The molecule has 7 heteroatoms. The van der Waals surface area contributed by atoms with Crippen LogP contribution in [-0.2, 0) is 11.3 Å². The van der Waals surface area contributed by atoms with Crippen molar-refractivity contribution in [1.29, 1.82) is 0 Å². The summed E-state index contributed by atoms with van der Waals surface area (Å²) in [5.74, 6) is 0.472. The van der Waals surface area contributed by atoms with Crippen molar-refractivity contribution in [3.8, 4) is 11.4 Å². The summed E-state index contributed by atoms with van der Waals surface area (Å²) >= 11 is 0. The first-order chi connectivity index (χ1) is 8.74. The lowest BCUT2D eigenvalue weighted by molar-refractivity contribution is -0.384. The number of benzene rings is 1. The maximum Gasteiger partial charge on any atom is 0.280 e. The number of para-hydroxylation sites is 1. The van der Waals surface area contributed by atoms with E-state index in [1.54, 1.807) is 29.9 Å². The zero-order chi connectivity index (χ0) is 13.0. The minimum atomic E-state index is -0.426. The number of nitrogens with zero attached hydrogens (tertiary/aromatic N) is 4. The number of ether oxygens (including phenoxy) is 1. The number of nitro groups is 1. The molecule has 0 amide bonds. The molecule has 0 fully saturated rings. The fourth-order valence-corrected chi connectivity index (χ4v) is 1.64. The predicted octanol–water partition coefficient (Wildman–Crippen LogP) is 1.50. The third-order valence-corrected chi connectivity index (χ3v) is 2.49. The first-order valence-electron chi connectivity index (χ1n) is 5.34. The first-order valence-corrected chi connectivity index (χ1v) is 5.34. The largest absolute Gasteiger partial charge is 0.383 e. The van der Waals surface area contributed by atoms with E-state index in [1.165, 1.54) is 12.4 Å². The molecule has 1 aromatic carbocycles. The van der Waals surface area contributed by atoms with Gasteiger partial charge in [-0.2, -0.15) is 0 Å². The number of nitro benzene ring substituents is 1. The average molecular weight is 248 g/mol. The van der Waals surface area contributed by atoms with Crippen LogP contribution in [0.4, 0.5) is 5.69 Å². The lowest BCUT2D eigenvalue weighted by Gasteiger charge is -2.06. The van der Waals surface area contributed by atoms with Gasteiger partial charge < -0.3 is 9.30 Å². The number of rotatable bonds is 5. The minimum absolute atomic E-state index is 0.0177. The second-order valence-corrected chi connectivity index (χ2v) is 3.61. The van der Waals surface area contributed by atoms with E-state index in [1.807, 2.05) is 0 Å². The number of hydrogen-bond acceptors (Lipinski definition) is 5. The highest BCUT2D eigenvalue weighted by Crippen LogP contribution is 2.27. The molecule has 0 aliphatic heterocycles. The van der Waals surface area contributed by atoms with Gasteiger partial charge in [0.15, 0.2) is 5.82 Å². The quantitative estimate of drug-likeness (QED) is 0.591. The number of aromatic nitrogens is 3. The average Bonchev–Trinajstić information content (AvgIpc) is 2.84. The Bertz CT molecular complexity index is 553. The normalized spacial score (nSPS) is 10.5. The molecule has 0 atom stereocenters. The monoisotopic (exact) mass is 248 g/mol. The molecule has 0 aliphatic carbocycles. The smallest absolute Gasteiger partial charge is 0.280 e. The summed E-state index contributed by atoms with van der Waals surface area (Å²) in [6, 6.07) is 6.46. The van der Waals surface area contributed by atoms with Crippen LogP contribution in [0.1, 0.15) is 0 Å². The van der Waals surface area contributed by atoms with Gasteiger partial charge in [0.05, 0.1) is 17.1 Å². The van der Waals surface area contributed by atoms with Crippen molar-refractivity contribution in [2.24, 2.45) is 0 Å². The Hall–Kier alpha value is -2.28. The molecule has 0 saturated heterocycles. The molecule has 0 bridgehead atoms. The van der Waals surface area contributed by atoms with Gasteiger partial charge in [-0.3, -0.25) is 10.1 Å². The van der Waals surface area contributed by atoms with Gasteiger partial charge in [0.2, 0.25) is 0 Å². The van der Waals surface area contributed by atoms with Gasteiger partial charge in [-0.1, -0.05) is 12.1 Å². The van der Waals surface area contributed by atoms with Crippen LogP contribution < -0.4 is 0 Å². The van der Waals surface area contributed by atoms with Crippen molar-refractivity contribution in [2.45, 2.75) is 6.54 Å². The van der Waals surface area contributed by atoms with E-state index in [4.69, 9.17) is 4.74 Å². The van der Waals surface area contributed by atoms with Crippen molar-refractivity contribution >= 4 is 5.69 Å². The van der Waals surface area contributed by atoms with Crippen molar-refractivity contribution in [1.82, 2.24) is 14.8 Å². The highest BCUT2D eigenvalue weighted by atomic mass is 16.6. The van der Waals surface area contributed by atoms with Crippen molar-refractivity contribution in [3.63, 3.8) is 0 Å². The molecule has 7 nitrogen and oxygen atoms in total. The number of methoxy groups -OCH3 is 1. The molecule has 0 radical (unpaired) electrons. The van der Waals surface area contributed by atoms with E-state index < -0.39 is 4.92 Å². The van der Waals surface area contributed by atoms with Gasteiger partial charge in [0.1, 0.15) is 6.33 Å². The Morgan fingerprint density at radius 2 is 2.22 bits per heavy atom. The van der Waals surface area contributed by atoms with E-state index in [0.29, 0.717) is 24.5 Å². The summed E-state index contributed by atoms with van der Waals surface area (Å²) in [6.45, 7) is 1.04. The maximum atomic E-state index is 11.0. The van der Waals surface area contributed by atoms with Gasteiger partial charge in [0, 0.05) is 19.7 Å². The van der Waals surface area contributed by atoms with Crippen LogP contribution >= 0.6 is 0 Å². The highest BCUT2D eigenvalue weighted by Gasteiger charge is 2.18. The zero-order valence-electron chi connectivity index (χ0n) is 9.81. The molecule has 2 aromatic rings. The Morgan fingerprint density at radius 3 is 2.94 bits per heavy atom. The molecule has 94 valence electrons. The summed E-state index contributed by atoms with van der Waals surface area (Å²) < 4.78 is 6.70. The van der Waals surface area contributed by atoms with Crippen LogP contribution in [0, 0.1) is 10.1 Å². The van der Waals surface area contributed by atoms with Gasteiger partial charge in [0.25, 0.3) is 5.69 Å². The second-order valence-electron chi connectivity index (χ2n) is 3.61. The molecule has 0 saturated carbocycles. The maximum absolute atomic E-state index is 11.0. The van der Waals surface area contributed by atoms with Crippen LogP contribution in [0.5, 0.6) is 0 Å². The fraction of sp³-hybridized carbons (Fsp3) is 0.273. The Labute approximate surface area is 103 Å². The van der Waals surface area contributed by atoms with Crippen molar-refractivity contribution < 1.29 is 9.66 Å². The molecular formula is C11H12N4O3. The van der Waals surface area contributed by atoms with Gasteiger partial charge in [-0.15, -0.1) is 10.2 Å². The highest BCUT2D eigenvalue weighted by molar-refractivity contribution is 5.67. The van der Waals surface area contributed by atoms with E-state index in [2.05, 4.69) is 10.2 Å². The Morgan fingerprint density at radius 1 is 1.44 bits per heavy atom. The molecular weight excluding hydrogens is 236 g/mol. The van der Waals surface area contributed by atoms with Crippen molar-refractivity contribution in [3.05, 3.63) is 40.7 Å². The Kier molecular flexibility index (Phi) is 3.63. The topological polar surface area (TPSA) is 83.1 Å². The summed E-state index contributed by atoms with van der Waals surface area (Å²) in [7, 11) is 1.59. The molecule has 0 N–H and O–H groups in total.